The van der Waals surface area contributed by atoms with Crippen LogP contribution in [0.5, 0.6) is 5.75 Å². The highest BCUT2D eigenvalue weighted by atomic mass is 35.5. The smallest absolute Gasteiger partial charge is 0.119 e. The fraction of sp³-hybridized carbons (Fsp3) is 0.455. The van der Waals surface area contributed by atoms with Gasteiger partial charge in [0.15, 0.2) is 0 Å². The topological polar surface area (TPSA) is 32.7 Å². The van der Waals surface area contributed by atoms with Crippen molar-refractivity contribution in [1.29, 1.82) is 0 Å². The van der Waals surface area contributed by atoms with Crippen LogP contribution in [-0.2, 0) is 5.60 Å². The average Bonchev–Trinajstić information content (AvgIpc) is 2.63. The summed E-state index contributed by atoms with van der Waals surface area (Å²) in [5.74, 6) is 1.01. The second-order valence-corrected chi connectivity index (χ2v) is 7.99. The molecule has 0 saturated heterocycles. The van der Waals surface area contributed by atoms with Crippen molar-refractivity contribution >= 4 is 11.6 Å². The van der Waals surface area contributed by atoms with Gasteiger partial charge in [0.05, 0.1) is 7.11 Å². The summed E-state index contributed by atoms with van der Waals surface area (Å²) < 4.78 is 5.42. The minimum atomic E-state index is -0.931. The molecule has 1 aliphatic rings. The first kappa shape index (κ1) is 19.2. The molecule has 0 aliphatic heterocycles. The Morgan fingerprint density at radius 1 is 1.15 bits per heavy atom. The van der Waals surface area contributed by atoms with E-state index in [1.165, 1.54) is 0 Å². The van der Waals surface area contributed by atoms with Gasteiger partial charge < -0.3 is 14.7 Å². The number of ether oxygens (including phenoxy) is 1. The molecule has 0 spiro atoms. The summed E-state index contributed by atoms with van der Waals surface area (Å²) in [4.78, 5) is 2.17. The molecule has 2 aromatic rings. The molecule has 1 N–H and O–H groups in total. The van der Waals surface area contributed by atoms with Gasteiger partial charge in [-0.1, -0.05) is 42.3 Å². The standard InChI is InChI=1S/C22H28ClNO2/c1-24(2)15-18-7-5-9-21(16-6-4-8-20(14-16)26-3)22(18,25)17-10-12-19(23)13-11-17/h4,6,8,10-14,18,21,25H,5,7,9,15H2,1-3H3. The molecule has 4 heteroatoms. The van der Waals surface area contributed by atoms with Crippen LogP contribution in [0.4, 0.5) is 0 Å². The van der Waals surface area contributed by atoms with E-state index in [2.05, 4.69) is 31.1 Å². The molecular formula is C22H28ClNO2. The van der Waals surface area contributed by atoms with Gasteiger partial charge in [0, 0.05) is 23.4 Å². The van der Waals surface area contributed by atoms with Crippen molar-refractivity contribution in [3.8, 4) is 5.75 Å². The van der Waals surface area contributed by atoms with Gasteiger partial charge in [0.1, 0.15) is 11.4 Å². The monoisotopic (exact) mass is 373 g/mol. The van der Waals surface area contributed by atoms with Crippen molar-refractivity contribution in [3.05, 3.63) is 64.7 Å². The number of hydrogen-bond acceptors (Lipinski definition) is 3. The molecule has 1 saturated carbocycles. The summed E-state index contributed by atoms with van der Waals surface area (Å²) in [7, 11) is 5.81. The van der Waals surface area contributed by atoms with Gasteiger partial charge in [-0.25, -0.2) is 0 Å². The number of nitrogens with zero attached hydrogens (tertiary/aromatic N) is 1. The van der Waals surface area contributed by atoms with E-state index in [9.17, 15) is 5.11 Å². The highest BCUT2D eigenvalue weighted by Gasteiger charge is 2.48. The van der Waals surface area contributed by atoms with Crippen molar-refractivity contribution in [2.24, 2.45) is 5.92 Å². The van der Waals surface area contributed by atoms with Crippen molar-refractivity contribution in [2.75, 3.05) is 27.7 Å². The SMILES string of the molecule is COc1cccc(C2CCCC(CN(C)C)C2(O)c2ccc(Cl)cc2)c1. The van der Waals surface area contributed by atoms with Gasteiger partial charge >= 0.3 is 0 Å². The van der Waals surface area contributed by atoms with Crippen LogP contribution in [0.25, 0.3) is 0 Å². The zero-order valence-electron chi connectivity index (χ0n) is 15.8. The third-order valence-corrected chi connectivity index (χ3v) is 5.84. The molecule has 26 heavy (non-hydrogen) atoms. The Kier molecular flexibility index (Phi) is 5.91. The van der Waals surface area contributed by atoms with Gasteiger partial charge in [-0.05, 0) is 62.3 Å². The number of hydrogen-bond donors (Lipinski definition) is 1. The molecule has 3 nitrogen and oxygen atoms in total. The summed E-state index contributed by atoms with van der Waals surface area (Å²) in [5, 5.41) is 12.8. The molecule has 140 valence electrons. The summed E-state index contributed by atoms with van der Waals surface area (Å²) in [6, 6.07) is 15.8. The molecule has 0 amide bonds. The fourth-order valence-electron chi connectivity index (χ4n) is 4.40. The van der Waals surface area contributed by atoms with Crippen molar-refractivity contribution in [1.82, 2.24) is 4.90 Å². The molecule has 0 heterocycles. The Labute approximate surface area is 161 Å². The normalized spacial score (nSPS) is 26.1. The van der Waals surface area contributed by atoms with Gasteiger partial charge in [0.25, 0.3) is 0 Å². The molecule has 3 atom stereocenters. The zero-order valence-corrected chi connectivity index (χ0v) is 16.5. The molecule has 0 radical (unpaired) electrons. The third kappa shape index (κ3) is 3.75. The lowest BCUT2D eigenvalue weighted by molar-refractivity contribution is -0.0803. The molecule has 0 bridgehead atoms. The summed E-state index contributed by atoms with van der Waals surface area (Å²) in [6.45, 7) is 0.847. The predicted octanol–water partition coefficient (Wildman–Crippen LogP) is 4.68. The highest BCUT2D eigenvalue weighted by Crippen LogP contribution is 2.51. The first-order chi connectivity index (χ1) is 12.4. The van der Waals surface area contributed by atoms with Crippen LogP contribution in [0.15, 0.2) is 48.5 Å². The van der Waals surface area contributed by atoms with E-state index in [0.717, 1.165) is 42.7 Å². The zero-order chi connectivity index (χ0) is 18.7. The van der Waals surface area contributed by atoms with Crippen LogP contribution in [0.3, 0.4) is 0 Å². The fourth-order valence-corrected chi connectivity index (χ4v) is 4.52. The van der Waals surface area contributed by atoms with E-state index in [1.807, 2.05) is 36.4 Å². The van der Waals surface area contributed by atoms with Crippen molar-refractivity contribution in [3.63, 3.8) is 0 Å². The Hall–Kier alpha value is -1.55. The number of rotatable bonds is 5. The molecular weight excluding hydrogens is 346 g/mol. The van der Waals surface area contributed by atoms with E-state index in [0.29, 0.717) is 5.02 Å². The van der Waals surface area contributed by atoms with Crippen LogP contribution < -0.4 is 4.74 Å². The van der Waals surface area contributed by atoms with Crippen molar-refractivity contribution < 1.29 is 9.84 Å². The van der Waals surface area contributed by atoms with E-state index in [4.69, 9.17) is 16.3 Å². The van der Waals surface area contributed by atoms with E-state index < -0.39 is 5.60 Å². The Morgan fingerprint density at radius 2 is 1.88 bits per heavy atom. The van der Waals surface area contributed by atoms with Crippen LogP contribution in [-0.4, -0.2) is 37.8 Å². The lowest BCUT2D eigenvalue weighted by Crippen LogP contribution is -2.47. The Balaban J connectivity index is 2.09. The highest BCUT2D eigenvalue weighted by molar-refractivity contribution is 6.30. The number of halogens is 1. The second-order valence-electron chi connectivity index (χ2n) is 7.55. The molecule has 1 fully saturated rings. The van der Waals surface area contributed by atoms with E-state index >= 15 is 0 Å². The van der Waals surface area contributed by atoms with Gasteiger partial charge in [-0.15, -0.1) is 0 Å². The average molecular weight is 374 g/mol. The van der Waals surface area contributed by atoms with Crippen LogP contribution in [0, 0.1) is 5.92 Å². The van der Waals surface area contributed by atoms with Crippen LogP contribution in [0.1, 0.15) is 36.3 Å². The summed E-state index contributed by atoms with van der Waals surface area (Å²) in [5.41, 5.74) is 1.14. The van der Waals surface area contributed by atoms with Gasteiger partial charge in [0.2, 0.25) is 0 Å². The van der Waals surface area contributed by atoms with Crippen LogP contribution in [0.2, 0.25) is 5.02 Å². The molecule has 1 aliphatic carbocycles. The van der Waals surface area contributed by atoms with Crippen molar-refractivity contribution in [2.45, 2.75) is 30.8 Å². The maximum absolute atomic E-state index is 12.1. The van der Waals surface area contributed by atoms with E-state index in [-0.39, 0.29) is 11.8 Å². The van der Waals surface area contributed by atoms with Gasteiger partial charge in [-0.2, -0.15) is 0 Å². The molecule has 2 aromatic carbocycles. The molecule has 0 aromatic heterocycles. The minimum absolute atomic E-state index is 0.0254. The first-order valence-electron chi connectivity index (χ1n) is 9.22. The quantitative estimate of drug-likeness (QED) is 0.825. The largest absolute Gasteiger partial charge is 0.497 e. The summed E-state index contributed by atoms with van der Waals surface area (Å²) in [6.07, 6.45) is 3.07. The lowest BCUT2D eigenvalue weighted by Gasteiger charge is -2.47. The van der Waals surface area contributed by atoms with Crippen LogP contribution >= 0.6 is 11.6 Å². The Morgan fingerprint density at radius 3 is 2.54 bits per heavy atom. The lowest BCUT2D eigenvalue weighted by atomic mass is 9.63. The first-order valence-corrected chi connectivity index (χ1v) is 9.60. The number of aliphatic hydroxyl groups is 1. The number of methoxy groups -OCH3 is 1. The third-order valence-electron chi connectivity index (χ3n) is 5.59. The minimum Gasteiger partial charge on any atom is -0.497 e. The Bertz CT molecular complexity index is 731. The van der Waals surface area contributed by atoms with E-state index in [1.54, 1.807) is 7.11 Å². The molecule has 3 unspecified atom stereocenters. The van der Waals surface area contributed by atoms with Gasteiger partial charge in [-0.3, -0.25) is 0 Å². The number of benzene rings is 2. The maximum Gasteiger partial charge on any atom is 0.119 e. The summed E-state index contributed by atoms with van der Waals surface area (Å²) >= 11 is 6.10. The maximum atomic E-state index is 12.1. The second kappa shape index (κ2) is 7.99. The predicted molar refractivity (Wildman–Crippen MR) is 107 cm³/mol. The molecule has 3 rings (SSSR count).